The highest BCUT2D eigenvalue weighted by molar-refractivity contribution is 5.88. The number of carbonyl (C=O) groups is 1. The lowest BCUT2D eigenvalue weighted by Gasteiger charge is -2.11. The van der Waals surface area contributed by atoms with Gasteiger partial charge in [0.15, 0.2) is 11.5 Å². The molecule has 20 heavy (non-hydrogen) atoms. The van der Waals surface area contributed by atoms with Crippen LogP contribution in [0.4, 0.5) is 0 Å². The molecule has 0 aliphatic heterocycles. The Morgan fingerprint density at radius 1 is 1.15 bits per heavy atom. The Morgan fingerprint density at radius 3 is 2.60 bits per heavy atom. The van der Waals surface area contributed by atoms with Crippen LogP contribution in [0.25, 0.3) is 0 Å². The smallest absolute Gasteiger partial charge is 0.335 e. The first-order valence-electron chi connectivity index (χ1n) is 5.93. The van der Waals surface area contributed by atoms with E-state index in [9.17, 15) is 4.79 Å². The first kappa shape index (κ1) is 13.9. The number of aliphatic hydroxyl groups is 1. The second kappa shape index (κ2) is 6.08. The normalized spacial score (nSPS) is 10.1. The molecule has 0 aliphatic carbocycles. The van der Waals surface area contributed by atoms with Gasteiger partial charge in [-0.05, 0) is 35.9 Å². The predicted molar refractivity (Wildman–Crippen MR) is 72.4 cm³/mol. The number of hydrogen-bond acceptors (Lipinski definition) is 4. The summed E-state index contributed by atoms with van der Waals surface area (Å²) in [5, 5.41) is 18.0. The van der Waals surface area contributed by atoms with E-state index in [0.29, 0.717) is 22.8 Å². The molecule has 0 saturated heterocycles. The quantitative estimate of drug-likeness (QED) is 0.876. The Bertz CT molecular complexity index is 621. The minimum atomic E-state index is -1.02. The molecule has 0 radical (unpaired) electrons. The van der Waals surface area contributed by atoms with Crippen LogP contribution in [0.1, 0.15) is 15.9 Å². The maximum absolute atomic E-state index is 10.9. The molecule has 0 aliphatic rings. The maximum Gasteiger partial charge on any atom is 0.335 e. The van der Waals surface area contributed by atoms with E-state index in [2.05, 4.69) is 0 Å². The largest absolute Gasteiger partial charge is 0.493 e. The number of aromatic carboxylic acids is 1. The van der Waals surface area contributed by atoms with E-state index in [4.69, 9.17) is 19.7 Å². The van der Waals surface area contributed by atoms with Gasteiger partial charge >= 0.3 is 5.97 Å². The molecule has 0 bridgehead atoms. The second-order valence-corrected chi connectivity index (χ2v) is 4.08. The molecule has 0 fully saturated rings. The van der Waals surface area contributed by atoms with Gasteiger partial charge in [-0.3, -0.25) is 0 Å². The minimum Gasteiger partial charge on any atom is -0.493 e. The number of aliphatic hydroxyl groups excluding tert-OH is 1. The van der Waals surface area contributed by atoms with Crippen molar-refractivity contribution in [2.45, 2.75) is 6.61 Å². The van der Waals surface area contributed by atoms with Crippen molar-refractivity contribution in [1.82, 2.24) is 0 Å². The van der Waals surface area contributed by atoms with Gasteiger partial charge in [-0.15, -0.1) is 0 Å². The van der Waals surface area contributed by atoms with E-state index >= 15 is 0 Å². The number of rotatable bonds is 5. The van der Waals surface area contributed by atoms with Crippen LogP contribution in [-0.4, -0.2) is 23.3 Å². The van der Waals surface area contributed by atoms with Gasteiger partial charge in [0.25, 0.3) is 0 Å². The van der Waals surface area contributed by atoms with E-state index < -0.39 is 5.97 Å². The lowest BCUT2D eigenvalue weighted by Crippen LogP contribution is -1.97. The predicted octanol–water partition coefficient (Wildman–Crippen LogP) is 2.68. The molecule has 0 unspecified atom stereocenters. The Hall–Kier alpha value is -2.53. The van der Waals surface area contributed by atoms with Gasteiger partial charge in [-0.1, -0.05) is 12.1 Å². The molecule has 2 aromatic rings. The number of carboxylic acids is 1. The van der Waals surface area contributed by atoms with Crippen LogP contribution in [0, 0.1) is 0 Å². The van der Waals surface area contributed by atoms with Gasteiger partial charge in [0.2, 0.25) is 0 Å². The Morgan fingerprint density at radius 2 is 1.95 bits per heavy atom. The molecule has 0 atom stereocenters. The molecule has 2 N–H and O–H groups in total. The van der Waals surface area contributed by atoms with Crippen molar-refractivity contribution in [3.05, 3.63) is 53.6 Å². The average Bonchev–Trinajstić information content (AvgIpc) is 2.48. The van der Waals surface area contributed by atoms with Crippen LogP contribution in [0.5, 0.6) is 17.2 Å². The summed E-state index contributed by atoms with van der Waals surface area (Å²) in [6, 6.07) is 11.2. The SMILES string of the molecule is COc1cc(CO)ccc1Oc1cccc(C(=O)O)c1. The summed E-state index contributed by atoms with van der Waals surface area (Å²) in [6.45, 7) is -0.0921. The van der Waals surface area contributed by atoms with Gasteiger partial charge in [0.05, 0.1) is 19.3 Å². The fourth-order valence-corrected chi connectivity index (χ4v) is 1.71. The topological polar surface area (TPSA) is 76.0 Å². The summed E-state index contributed by atoms with van der Waals surface area (Å²) >= 11 is 0. The average molecular weight is 274 g/mol. The number of methoxy groups -OCH3 is 1. The summed E-state index contributed by atoms with van der Waals surface area (Å²) in [6.07, 6.45) is 0. The third-order valence-electron chi connectivity index (χ3n) is 2.72. The summed E-state index contributed by atoms with van der Waals surface area (Å²) < 4.78 is 10.8. The van der Waals surface area contributed by atoms with Crippen LogP contribution in [0.3, 0.4) is 0 Å². The van der Waals surface area contributed by atoms with Crippen molar-refractivity contribution < 1.29 is 24.5 Å². The standard InChI is InChI=1S/C15H14O5/c1-19-14-7-10(9-16)5-6-13(14)20-12-4-2-3-11(8-12)15(17)18/h2-8,16H,9H2,1H3,(H,17,18). The number of ether oxygens (including phenoxy) is 2. The lowest BCUT2D eigenvalue weighted by molar-refractivity contribution is 0.0696. The molecule has 0 saturated carbocycles. The number of benzene rings is 2. The highest BCUT2D eigenvalue weighted by Crippen LogP contribution is 2.32. The highest BCUT2D eigenvalue weighted by atomic mass is 16.5. The van der Waals surface area contributed by atoms with Crippen molar-refractivity contribution in [3.63, 3.8) is 0 Å². The van der Waals surface area contributed by atoms with Gasteiger partial charge in [-0.25, -0.2) is 4.79 Å². The van der Waals surface area contributed by atoms with Gasteiger partial charge in [0.1, 0.15) is 5.75 Å². The molecule has 104 valence electrons. The summed E-state index contributed by atoms with van der Waals surface area (Å²) in [5.74, 6) is 0.308. The number of hydrogen-bond donors (Lipinski definition) is 2. The molecule has 0 amide bonds. The van der Waals surface area contributed by atoms with Crippen molar-refractivity contribution in [3.8, 4) is 17.2 Å². The van der Waals surface area contributed by atoms with E-state index in [1.807, 2.05) is 0 Å². The van der Waals surface area contributed by atoms with Crippen LogP contribution >= 0.6 is 0 Å². The zero-order valence-corrected chi connectivity index (χ0v) is 10.9. The summed E-state index contributed by atoms with van der Waals surface area (Å²) in [4.78, 5) is 10.9. The summed E-state index contributed by atoms with van der Waals surface area (Å²) in [7, 11) is 1.50. The molecule has 0 heterocycles. The monoisotopic (exact) mass is 274 g/mol. The van der Waals surface area contributed by atoms with E-state index in [0.717, 1.165) is 0 Å². The fourth-order valence-electron chi connectivity index (χ4n) is 1.71. The fraction of sp³-hybridized carbons (Fsp3) is 0.133. The van der Waals surface area contributed by atoms with Gasteiger partial charge in [0, 0.05) is 0 Å². The first-order chi connectivity index (χ1) is 9.63. The van der Waals surface area contributed by atoms with Crippen molar-refractivity contribution in [1.29, 1.82) is 0 Å². The lowest BCUT2D eigenvalue weighted by atomic mass is 10.2. The highest BCUT2D eigenvalue weighted by Gasteiger charge is 2.09. The third-order valence-corrected chi connectivity index (χ3v) is 2.72. The zero-order chi connectivity index (χ0) is 14.5. The summed E-state index contributed by atoms with van der Waals surface area (Å²) in [5.41, 5.74) is 0.849. The molecule has 5 nitrogen and oxygen atoms in total. The molecule has 5 heteroatoms. The second-order valence-electron chi connectivity index (χ2n) is 4.08. The third kappa shape index (κ3) is 3.07. The van der Waals surface area contributed by atoms with Gasteiger partial charge < -0.3 is 19.7 Å². The molecular formula is C15H14O5. The van der Waals surface area contributed by atoms with Crippen LogP contribution in [-0.2, 0) is 6.61 Å². The van der Waals surface area contributed by atoms with Crippen molar-refractivity contribution in [2.75, 3.05) is 7.11 Å². The number of carboxylic acid groups (broad SMARTS) is 1. The molecule has 2 rings (SSSR count). The molecular weight excluding hydrogens is 260 g/mol. The Balaban J connectivity index is 2.29. The maximum atomic E-state index is 10.9. The Labute approximate surface area is 116 Å². The molecule has 0 aromatic heterocycles. The van der Waals surface area contributed by atoms with Crippen LogP contribution in [0.2, 0.25) is 0 Å². The van der Waals surface area contributed by atoms with Crippen LogP contribution < -0.4 is 9.47 Å². The van der Waals surface area contributed by atoms with Crippen LogP contribution in [0.15, 0.2) is 42.5 Å². The minimum absolute atomic E-state index is 0.0921. The Kier molecular flexibility index (Phi) is 4.22. The van der Waals surface area contributed by atoms with Gasteiger partial charge in [-0.2, -0.15) is 0 Å². The van der Waals surface area contributed by atoms with Crippen molar-refractivity contribution in [2.24, 2.45) is 0 Å². The van der Waals surface area contributed by atoms with Crippen molar-refractivity contribution >= 4 is 5.97 Å². The first-order valence-corrected chi connectivity index (χ1v) is 5.93. The van der Waals surface area contributed by atoms with E-state index in [-0.39, 0.29) is 12.2 Å². The van der Waals surface area contributed by atoms with E-state index in [1.165, 1.54) is 19.2 Å². The van der Waals surface area contributed by atoms with E-state index in [1.54, 1.807) is 30.3 Å². The molecule has 0 spiro atoms. The molecule has 2 aromatic carbocycles. The zero-order valence-electron chi connectivity index (χ0n) is 10.9.